The Morgan fingerprint density at radius 2 is 2.56 bits per heavy atom. The van der Waals surface area contributed by atoms with Gasteiger partial charge in [-0.3, -0.25) is 4.40 Å². The molecule has 16 heavy (non-hydrogen) atoms. The number of hydrogen-bond acceptors (Lipinski definition) is 4. The first-order valence-electron chi connectivity index (χ1n) is 5.46. The van der Waals surface area contributed by atoms with Crippen molar-refractivity contribution in [2.45, 2.75) is 24.9 Å². The van der Waals surface area contributed by atoms with Crippen LogP contribution in [0.3, 0.4) is 0 Å². The molecule has 0 bridgehead atoms. The predicted molar refractivity (Wildman–Crippen MR) is 61.8 cm³/mol. The molecule has 1 N–H and O–H groups in total. The van der Waals surface area contributed by atoms with Crippen LogP contribution in [0.25, 0.3) is 4.96 Å². The number of fused-ring (bicyclic) bond motifs is 1. The molecule has 4 nitrogen and oxygen atoms in total. The molecule has 0 saturated carbocycles. The highest BCUT2D eigenvalue weighted by atomic mass is 32.1. The van der Waals surface area contributed by atoms with E-state index in [-0.39, 0.29) is 0 Å². The summed E-state index contributed by atoms with van der Waals surface area (Å²) in [6.45, 7) is 1.19. The van der Waals surface area contributed by atoms with Crippen molar-refractivity contribution in [3.63, 3.8) is 0 Å². The van der Waals surface area contributed by atoms with Crippen molar-refractivity contribution in [3.05, 3.63) is 23.5 Å². The van der Waals surface area contributed by atoms with Crippen molar-refractivity contribution >= 4 is 16.3 Å². The molecule has 2 aromatic rings. The molecule has 0 radical (unpaired) electrons. The molecule has 0 aliphatic carbocycles. The van der Waals surface area contributed by atoms with E-state index in [2.05, 4.69) is 4.98 Å². The number of imidazole rings is 1. The van der Waals surface area contributed by atoms with Gasteiger partial charge < -0.3 is 9.84 Å². The molecule has 5 heteroatoms. The van der Waals surface area contributed by atoms with E-state index >= 15 is 0 Å². The number of ether oxygens (including phenoxy) is 1. The molecule has 3 rings (SSSR count). The van der Waals surface area contributed by atoms with E-state index in [1.54, 1.807) is 11.3 Å². The number of aliphatic hydroxyl groups is 1. The maximum atomic E-state index is 10.3. The highest BCUT2D eigenvalue weighted by molar-refractivity contribution is 7.15. The molecule has 1 fully saturated rings. The average molecular weight is 238 g/mol. The van der Waals surface area contributed by atoms with Crippen LogP contribution in [0, 0.1) is 0 Å². The van der Waals surface area contributed by atoms with Crippen molar-refractivity contribution in [3.8, 4) is 0 Å². The molecular formula is C11H14N2O2S. The van der Waals surface area contributed by atoms with Gasteiger partial charge in [-0.2, -0.15) is 0 Å². The van der Waals surface area contributed by atoms with Gasteiger partial charge in [-0.25, -0.2) is 4.98 Å². The summed E-state index contributed by atoms with van der Waals surface area (Å²) in [6.07, 6.45) is 6.29. The lowest BCUT2D eigenvalue weighted by Crippen LogP contribution is -2.40. The SMILES string of the molecule is OC1(Cc2cn3ccsc3n2)CCCOC1. The highest BCUT2D eigenvalue weighted by Crippen LogP contribution is 2.24. The van der Waals surface area contributed by atoms with Gasteiger partial charge in [0.2, 0.25) is 0 Å². The second-order valence-corrected chi connectivity index (χ2v) is 5.26. The maximum Gasteiger partial charge on any atom is 0.193 e. The van der Waals surface area contributed by atoms with E-state index in [0.29, 0.717) is 13.0 Å². The van der Waals surface area contributed by atoms with Gasteiger partial charge in [-0.1, -0.05) is 0 Å². The highest BCUT2D eigenvalue weighted by Gasteiger charge is 2.31. The third-order valence-corrected chi connectivity index (χ3v) is 3.73. The Hall–Kier alpha value is -0.910. The van der Waals surface area contributed by atoms with Crippen LogP contribution in [0.5, 0.6) is 0 Å². The largest absolute Gasteiger partial charge is 0.387 e. The summed E-state index contributed by atoms with van der Waals surface area (Å²) in [4.78, 5) is 5.46. The fourth-order valence-corrected chi connectivity index (χ4v) is 2.89. The second-order valence-electron chi connectivity index (χ2n) is 4.38. The molecule has 1 atom stereocenters. The van der Waals surface area contributed by atoms with Crippen LogP contribution in [0.1, 0.15) is 18.5 Å². The molecule has 0 spiro atoms. The molecule has 1 unspecified atom stereocenters. The Morgan fingerprint density at radius 3 is 3.31 bits per heavy atom. The van der Waals surface area contributed by atoms with E-state index < -0.39 is 5.60 Å². The summed E-state index contributed by atoms with van der Waals surface area (Å²) in [5.41, 5.74) is 0.224. The first-order valence-corrected chi connectivity index (χ1v) is 6.34. The fourth-order valence-electron chi connectivity index (χ4n) is 2.18. The minimum absolute atomic E-state index is 0.429. The standard InChI is InChI=1S/C11H14N2O2S/c14-11(2-1-4-15-8-11)6-9-7-13-3-5-16-10(13)12-9/h3,5,7,14H,1-2,4,6,8H2. The third-order valence-electron chi connectivity index (χ3n) is 2.95. The van der Waals surface area contributed by atoms with E-state index in [1.807, 2.05) is 22.2 Å². The van der Waals surface area contributed by atoms with Crippen molar-refractivity contribution in [1.82, 2.24) is 9.38 Å². The monoisotopic (exact) mass is 238 g/mol. The van der Waals surface area contributed by atoms with Crippen LogP contribution >= 0.6 is 11.3 Å². The number of aromatic nitrogens is 2. The lowest BCUT2D eigenvalue weighted by Gasteiger charge is -2.31. The van der Waals surface area contributed by atoms with Crippen LogP contribution in [0.2, 0.25) is 0 Å². The van der Waals surface area contributed by atoms with Gasteiger partial charge in [-0.05, 0) is 12.8 Å². The normalized spacial score (nSPS) is 26.3. The van der Waals surface area contributed by atoms with E-state index in [9.17, 15) is 5.11 Å². The van der Waals surface area contributed by atoms with Gasteiger partial charge in [0.05, 0.1) is 17.9 Å². The zero-order valence-corrected chi connectivity index (χ0v) is 9.74. The molecular weight excluding hydrogens is 224 g/mol. The molecule has 0 amide bonds. The van der Waals surface area contributed by atoms with Crippen molar-refractivity contribution < 1.29 is 9.84 Å². The zero-order valence-electron chi connectivity index (χ0n) is 8.93. The lowest BCUT2D eigenvalue weighted by molar-refractivity contribution is -0.0849. The summed E-state index contributed by atoms with van der Waals surface area (Å²) in [7, 11) is 0. The van der Waals surface area contributed by atoms with Crippen molar-refractivity contribution in [1.29, 1.82) is 0 Å². The van der Waals surface area contributed by atoms with Crippen LogP contribution in [0.15, 0.2) is 17.8 Å². The quantitative estimate of drug-likeness (QED) is 0.862. The first-order chi connectivity index (χ1) is 7.75. The van der Waals surface area contributed by atoms with Crippen LogP contribution < -0.4 is 0 Å². The molecule has 0 aromatic carbocycles. The van der Waals surface area contributed by atoms with Gasteiger partial charge in [0.15, 0.2) is 4.96 Å². The Morgan fingerprint density at radius 1 is 1.62 bits per heavy atom. The Bertz CT molecular complexity index is 456. The first kappa shape index (κ1) is 10.3. The van der Waals surface area contributed by atoms with Gasteiger partial charge >= 0.3 is 0 Å². The number of thiazole rings is 1. The zero-order chi connectivity index (χ0) is 11.0. The molecule has 1 aliphatic rings. The summed E-state index contributed by atoms with van der Waals surface area (Å²) >= 11 is 1.61. The summed E-state index contributed by atoms with van der Waals surface area (Å²) in [5.74, 6) is 0. The van der Waals surface area contributed by atoms with Crippen LogP contribution in [0.4, 0.5) is 0 Å². The Labute approximate surface area is 97.5 Å². The van der Waals surface area contributed by atoms with Crippen molar-refractivity contribution in [2.75, 3.05) is 13.2 Å². The number of rotatable bonds is 2. The Kier molecular flexibility index (Phi) is 2.46. The molecule has 2 aromatic heterocycles. The fraction of sp³-hybridized carbons (Fsp3) is 0.545. The summed E-state index contributed by atoms with van der Waals surface area (Å²) in [6, 6.07) is 0. The molecule has 1 aliphatic heterocycles. The predicted octanol–water partition coefficient (Wildman–Crippen LogP) is 1.48. The third kappa shape index (κ3) is 1.86. The van der Waals surface area contributed by atoms with Gasteiger partial charge in [0.25, 0.3) is 0 Å². The molecule has 3 heterocycles. The van der Waals surface area contributed by atoms with Crippen LogP contribution in [-0.2, 0) is 11.2 Å². The summed E-state index contributed by atoms with van der Waals surface area (Å²) < 4.78 is 7.32. The smallest absolute Gasteiger partial charge is 0.193 e. The van der Waals surface area contributed by atoms with Gasteiger partial charge in [0.1, 0.15) is 0 Å². The topological polar surface area (TPSA) is 46.8 Å². The molecule has 1 saturated heterocycles. The van der Waals surface area contributed by atoms with Crippen molar-refractivity contribution in [2.24, 2.45) is 0 Å². The minimum atomic E-state index is -0.720. The van der Waals surface area contributed by atoms with E-state index in [4.69, 9.17) is 4.74 Å². The maximum absolute atomic E-state index is 10.3. The average Bonchev–Trinajstić information content (AvgIpc) is 2.78. The van der Waals surface area contributed by atoms with Gasteiger partial charge in [0, 0.05) is 30.8 Å². The van der Waals surface area contributed by atoms with Crippen LogP contribution in [-0.4, -0.2) is 33.3 Å². The number of nitrogens with zero attached hydrogens (tertiary/aromatic N) is 2. The van der Waals surface area contributed by atoms with E-state index in [0.717, 1.165) is 30.1 Å². The lowest BCUT2D eigenvalue weighted by atomic mass is 9.92. The molecule has 86 valence electrons. The van der Waals surface area contributed by atoms with Gasteiger partial charge in [-0.15, -0.1) is 11.3 Å². The second kappa shape index (κ2) is 3.84. The van der Waals surface area contributed by atoms with E-state index in [1.165, 1.54) is 0 Å². The Balaban J connectivity index is 1.80. The number of hydrogen-bond donors (Lipinski definition) is 1. The summed E-state index contributed by atoms with van der Waals surface area (Å²) in [5, 5.41) is 12.3. The minimum Gasteiger partial charge on any atom is -0.387 e.